The fourth-order valence-corrected chi connectivity index (χ4v) is 5.09. The monoisotopic (exact) mass is 516 g/mol. The highest BCUT2D eigenvalue weighted by Crippen LogP contribution is 2.44. The number of allylic oxidation sites excluding steroid dienone is 1. The molecular weight excluding hydrogens is 476 g/mol. The van der Waals surface area contributed by atoms with Crippen molar-refractivity contribution < 1.29 is 54.8 Å². The van der Waals surface area contributed by atoms with Gasteiger partial charge in [0.05, 0.1) is 24.9 Å². The summed E-state index contributed by atoms with van der Waals surface area (Å²) in [6.45, 7) is 6.62. The zero-order chi connectivity index (χ0) is 27.0. The quantitative estimate of drug-likeness (QED) is 0.199. The lowest BCUT2D eigenvalue weighted by atomic mass is 9.64. The number of aliphatic hydroxyl groups excluding tert-OH is 6. The van der Waals surface area contributed by atoms with Gasteiger partial charge in [0.1, 0.15) is 42.2 Å². The molecule has 3 aliphatic rings. The zero-order valence-corrected chi connectivity index (χ0v) is 21.1. The Hall–Kier alpha value is -1.25. The molecule has 11 atom stereocenters. The number of ether oxygens (including phenoxy) is 3. The molecule has 1 saturated carbocycles. The van der Waals surface area contributed by atoms with Gasteiger partial charge in [-0.15, -0.1) is 0 Å². The SMILES string of the molecule is CC1=CC(=O)CC(C)(C)C1(O)C=CC(C)OC1OC(COC2CCC(O)C(O)C2O)C(O)C(O)C1O. The summed E-state index contributed by atoms with van der Waals surface area (Å²) in [5, 5.41) is 72.0. The molecule has 2 fully saturated rings. The van der Waals surface area contributed by atoms with Crippen molar-refractivity contribution in [3.05, 3.63) is 23.8 Å². The normalized spacial score (nSPS) is 44.5. The maximum atomic E-state index is 11.9. The van der Waals surface area contributed by atoms with E-state index in [1.807, 2.05) is 0 Å². The Bertz CT molecular complexity index is 842. The van der Waals surface area contributed by atoms with Crippen molar-refractivity contribution >= 4 is 5.78 Å². The van der Waals surface area contributed by atoms with Crippen molar-refractivity contribution in [2.45, 2.75) is 114 Å². The predicted octanol–water partition coefficient (Wildman–Crippen LogP) is -1.31. The smallest absolute Gasteiger partial charge is 0.187 e. The van der Waals surface area contributed by atoms with Crippen molar-refractivity contribution in [1.82, 2.24) is 0 Å². The van der Waals surface area contributed by atoms with Gasteiger partial charge in [-0.2, -0.15) is 0 Å². The van der Waals surface area contributed by atoms with Crippen molar-refractivity contribution in [1.29, 1.82) is 0 Å². The minimum atomic E-state index is -1.60. The molecule has 11 nitrogen and oxygen atoms in total. The molecule has 0 aromatic carbocycles. The van der Waals surface area contributed by atoms with Gasteiger partial charge in [-0.3, -0.25) is 4.79 Å². The van der Waals surface area contributed by atoms with Crippen LogP contribution in [0.25, 0.3) is 0 Å². The molecular formula is C25H40O11. The van der Waals surface area contributed by atoms with Crippen LogP contribution in [0.1, 0.15) is 47.0 Å². The predicted molar refractivity (Wildman–Crippen MR) is 125 cm³/mol. The first-order valence-electron chi connectivity index (χ1n) is 12.3. The van der Waals surface area contributed by atoms with Crippen LogP contribution in [0.15, 0.2) is 23.8 Å². The Labute approximate surface area is 210 Å². The molecule has 0 aromatic rings. The number of hydrogen-bond acceptors (Lipinski definition) is 11. The summed E-state index contributed by atoms with van der Waals surface area (Å²) < 4.78 is 17.0. The maximum absolute atomic E-state index is 11.9. The summed E-state index contributed by atoms with van der Waals surface area (Å²) in [6, 6.07) is 0. The average Bonchev–Trinajstić information content (AvgIpc) is 2.80. The van der Waals surface area contributed by atoms with Gasteiger partial charge in [-0.1, -0.05) is 19.9 Å². The van der Waals surface area contributed by atoms with Gasteiger partial charge in [-0.05, 0) is 44.4 Å². The Morgan fingerprint density at radius 3 is 2.36 bits per heavy atom. The molecule has 11 unspecified atom stereocenters. The molecule has 3 rings (SSSR count). The van der Waals surface area contributed by atoms with Gasteiger partial charge >= 0.3 is 0 Å². The lowest BCUT2D eigenvalue weighted by Gasteiger charge is -2.44. The standard InChI is InChI=1S/C25H40O11/c1-12-9-14(26)10-24(3,4)25(12,33)8-7-13(2)35-23-22(32)21(31)20(30)17(36-23)11-34-16-6-5-15(27)18(28)19(16)29/h7-9,13,15-23,27-33H,5-6,10-11H2,1-4H3. The highest BCUT2D eigenvalue weighted by Gasteiger charge is 2.48. The van der Waals surface area contributed by atoms with E-state index in [4.69, 9.17) is 14.2 Å². The molecule has 0 radical (unpaired) electrons. The fraction of sp³-hybridized carbons (Fsp3) is 0.800. The van der Waals surface area contributed by atoms with Crippen molar-refractivity contribution in [3.63, 3.8) is 0 Å². The Balaban J connectivity index is 1.64. The third-order valence-corrected chi connectivity index (χ3v) is 7.60. The van der Waals surface area contributed by atoms with Gasteiger partial charge in [0.15, 0.2) is 12.1 Å². The van der Waals surface area contributed by atoms with Crippen LogP contribution in [0.5, 0.6) is 0 Å². The topological polar surface area (TPSA) is 186 Å². The first kappa shape index (κ1) is 29.3. The molecule has 36 heavy (non-hydrogen) atoms. The Morgan fingerprint density at radius 1 is 1.06 bits per heavy atom. The average molecular weight is 517 g/mol. The molecule has 0 spiro atoms. The second kappa shape index (κ2) is 11.2. The molecule has 0 aromatic heterocycles. The number of ketones is 1. The van der Waals surface area contributed by atoms with Crippen LogP contribution in [-0.4, -0.2) is 115 Å². The Kier molecular flexibility index (Phi) is 9.15. The lowest BCUT2D eigenvalue weighted by molar-refractivity contribution is -0.311. The van der Waals surface area contributed by atoms with E-state index in [0.717, 1.165) is 0 Å². The second-order valence-electron chi connectivity index (χ2n) is 10.8. The largest absolute Gasteiger partial charge is 0.390 e. The summed E-state index contributed by atoms with van der Waals surface area (Å²) in [4.78, 5) is 11.9. The van der Waals surface area contributed by atoms with Crippen molar-refractivity contribution in [3.8, 4) is 0 Å². The van der Waals surface area contributed by atoms with Gasteiger partial charge in [0.25, 0.3) is 0 Å². The molecule has 7 N–H and O–H groups in total. The van der Waals surface area contributed by atoms with Crippen LogP contribution in [0.3, 0.4) is 0 Å². The van der Waals surface area contributed by atoms with E-state index in [1.54, 1.807) is 39.8 Å². The molecule has 206 valence electrons. The second-order valence-corrected chi connectivity index (χ2v) is 10.8. The van der Waals surface area contributed by atoms with Gasteiger partial charge in [-0.25, -0.2) is 0 Å². The Morgan fingerprint density at radius 2 is 1.72 bits per heavy atom. The van der Waals surface area contributed by atoms with Crippen molar-refractivity contribution in [2.24, 2.45) is 5.41 Å². The number of carbonyl (C=O) groups is 1. The molecule has 2 aliphatic carbocycles. The first-order valence-corrected chi connectivity index (χ1v) is 12.3. The van der Waals surface area contributed by atoms with E-state index in [-0.39, 0.29) is 31.7 Å². The van der Waals surface area contributed by atoms with Gasteiger partial charge in [0, 0.05) is 11.8 Å². The molecule has 1 aliphatic heterocycles. The van der Waals surface area contributed by atoms with E-state index in [1.165, 1.54) is 6.08 Å². The van der Waals surface area contributed by atoms with Gasteiger partial charge < -0.3 is 50.0 Å². The molecule has 11 heteroatoms. The van der Waals surface area contributed by atoms with Crippen LogP contribution >= 0.6 is 0 Å². The molecule has 1 heterocycles. The highest BCUT2D eigenvalue weighted by atomic mass is 16.7. The van der Waals surface area contributed by atoms with E-state index in [9.17, 15) is 40.5 Å². The number of aliphatic hydroxyl groups is 7. The summed E-state index contributed by atoms with van der Waals surface area (Å²) >= 11 is 0. The summed E-state index contributed by atoms with van der Waals surface area (Å²) in [5.41, 5.74) is -1.65. The van der Waals surface area contributed by atoms with E-state index in [2.05, 4.69) is 0 Å². The first-order chi connectivity index (χ1) is 16.7. The van der Waals surface area contributed by atoms with E-state index >= 15 is 0 Å². The number of carbonyl (C=O) groups excluding carboxylic acids is 1. The molecule has 0 bridgehead atoms. The van der Waals surface area contributed by atoms with Gasteiger partial charge in [0.2, 0.25) is 0 Å². The van der Waals surface area contributed by atoms with E-state index < -0.39 is 72.2 Å². The maximum Gasteiger partial charge on any atom is 0.187 e. The summed E-state index contributed by atoms with van der Waals surface area (Å²) in [7, 11) is 0. The molecule has 1 saturated heterocycles. The number of hydrogen-bond donors (Lipinski definition) is 7. The van der Waals surface area contributed by atoms with Crippen LogP contribution in [-0.2, 0) is 19.0 Å². The zero-order valence-electron chi connectivity index (χ0n) is 21.1. The van der Waals surface area contributed by atoms with E-state index in [0.29, 0.717) is 5.57 Å². The third-order valence-electron chi connectivity index (χ3n) is 7.60. The summed E-state index contributed by atoms with van der Waals surface area (Å²) in [6.07, 6.45) is -7.20. The summed E-state index contributed by atoms with van der Waals surface area (Å²) in [5.74, 6) is -0.0640. The minimum absolute atomic E-state index is 0.0640. The third kappa shape index (κ3) is 5.91. The van der Waals surface area contributed by atoms with Crippen LogP contribution in [0, 0.1) is 5.41 Å². The van der Waals surface area contributed by atoms with Crippen molar-refractivity contribution in [2.75, 3.05) is 6.61 Å². The number of rotatable bonds is 7. The lowest BCUT2D eigenvalue weighted by Crippen LogP contribution is -2.60. The van der Waals surface area contributed by atoms with Crippen LogP contribution in [0.4, 0.5) is 0 Å². The fourth-order valence-electron chi connectivity index (χ4n) is 5.09. The van der Waals surface area contributed by atoms with Crippen LogP contribution < -0.4 is 0 Å². The molecule has 0 amide bonds. The minimum Gasteiger partial charge on any atom is -0.390 e. The highest BCUT2D eigenvalue weighted by molar-refractivity contribution is 5.92. The van der Waals surface area contributed by atoms with Crippen LogP contribution in [0.2, 0.25) is 0 Å².